The van der Waals surface area contributed by atoms with Gasteiger partial charge in [-0.05, 0) is 6.92 Å². The van der Waals surface area contributed by atoms with Gasteiger partial charge in [0.15, 0.2) is 23.8 Å². The number of likely N-dealkylation sites (N-methyl/N-ethyl adjacent to an activating group) is 1. The number of carbonyl (C=O) groups is 2. The Kier molecular flexibility index (Phi) is 5.95. The van der Waals surface area contributed by atoms with Crippen molar-refractivity contribution in [1.82, 2.24) is 30.2 Å². The summed E-state index contributed by atoms with van der Waals surface area (Å²) in [7, 11) is 0. The predicted octanol–water partition coefficient (Wildman–Crippen LogP) is -2.16. The van der Waals surface area contributed by atoms with Gasteiger partial charge in [-0.2, -0.15) is 9.97 Å². The molecule has 1 aliphatic heterocycles. The van der Waals surface area contributed by atoms with Crippen LogP contribution in [-0.2, 0) is 9.53 Å². The van der Waals surface area contributed by atoms with Crippen molar-refractivity contribution < 1.29 is 29.6 Å². The number of aliphatic hydroxyl groups excluding tert-OH is 2. The summed E-state index contributed by atoms with van der Waals surface area (Å²) in [6, 6.07) is 0. The van der Waals surface area contributed by atoms with Gasteiger partial charge in [0.1, 0.15) is 17.7 Å². The topological polar surface area (TPSA) is 210 Å². The average Bonchev–Trinajstić information content (AvgIpc) is 3.21. The molecule has 0 spiro atoms. The van der Waals surface area contributed by atoms with Crippen LogP contribution in [0.15, 0.2) is 6.33 Å². The number of fused-ring (bicyclic) bond motifs is 1. The van der Waals surface area contributed by atoms with Crippen molar-refractivity contribution in [3.8, 4) is 0 Å². The zero-order chi connectivity index (χ0) is 21.1. The minimum Gasteiger partial charge on any atom is -0.465 e. The molecule has 1 aliphatic rings. The van der Waals surface area contributed by atoms with Gasteiger partial charge < -0.3 is 41.7 Å². The highest BCUT2D eigenvalue weighted by molar-refractivity contribution is 5.83. The first-order valence-corrected chi connectivity index (χ1v) is 8.83. The lowest BCUT2D eigenvalue weighted by Gasteiger charge is -2.16. The van der Waals surface area contributed by atoms with Crippen LogP contribution in [0.25, 0.3) is 11.2 Å². The fourth-order valence-corrected chi connectivity index (χ4v) is 2.93. The Bertz CT molecular complexity index is 904. The van der Waals surface area contributed by atoms with Crippen molar-refractivity contribution >= 4 is 34.9 Å². The molecule has 0 unspecified atom stereocenters. The zero-order valence-corrected chi connectivity index (χ0v) is 15.4. The van der Waals surface area contributed by atoms with Crippen molar-refractivity contribution in [3.63, 3.8) is 0 Å². The second-order valence-corrected chi connectivity index (χ2v) is 6.24. The number of nitrogens with two attached hydrogens (primary N) is 1. The Balaban J connectivity index is 1.84. The van der Waals surface area contributed by atoms with Crippen molar-refractivity contribution in [2.75, 3.05) is 30.7 Å². The van der Waals surface area contributed by atoms with E-state index in [4.69, 9.17) is 15.6 Å². The lowest BCUT2D eigenvalue weighted by molar-refractivity contribution is -0.137. The third-order valence-electron chi connectivity index (χ3n) is 4.25. The number of carbonyl (C=O) groups excluding carboxylic acids is 1. The maximum atomic E-state index is 12.0. The lowest BCUT2D eigenvalue weighted by atomic mass is 10.1. The van der Waals surface area contributed by atoms with E-state index in [0.717, 1.165) is 0 Å². The van der Waals surface area contributed by atoms with Crippen LogP contribution in [0.4, 0.5) is 16.6 Å². The van der Waals surface area contributed by atoms with E-state index in [2.05, 4.69) is 30.9 Å². The number of rotatable bonds is 7. The molecule has 0 aromatic carbocycles. The summed E-state index contributed by atoms with van der Waals surface area (Å²) in [6.45, 7) is 2.37. The van der Waals surface area contributed by atoms with Gasteiger partial charge in [-0.25, -0.2) is 9.78 Å². The molecular weight excluding hydrogens is 388 g/mol. The number of anilines is 2. The van der Waals surface area contributed by atoms with E-state index in [1.807, 2.05) is 0 Å². The zero-order valence-electron chi connectivity index (χ0n) is 15.4. The van der Waals surface area contributed by atoms with Crippen LogP contribution >= 0.6 is 0 Å². The van der Waals surface area contributed by atoms with Crippen LogP contribution in [0.1, 0.15) is 13.2 Å². The van der Waals surface area contributed by atoms with Crippen LogP contribution in [0.5, 0.6) is 0 Å². The molecule has 2 amide bonds. The van der Waals surface area contributed by atoms with E-state index in [9.17, 15) is 19.8 Å². The number of hydrogen-bond acceptors (Lipinski definition) is 10. The van der Waals surface area contributed by atoms with E-state index >= 15 is 0 Å². The molecule has 0 bridgehead atoms. The summed E-state index contributed by atoms with van der Waals surface area (Å²) < 4.78 is 6.92. The smallest absolute Gasteiger partial charge is 0.404 e. The number of aliphatic hydroxyl groups is 2. The minimum atomic E-state index is -1.44. The molecule has 2 aromatic heterocycles. The summed E-state index contributed by atoms with van der Waals surface area (Å²) >= 11 is 0. The molecule has 3 heterocycles. The molecule has 2 aromatic rings. The summed E-state index contributed by atoms with van der Waals surface area (Å²) in [5.74, 6) is -0.388. The Morgan fingerprint density at radius 1 is 1.24 bits per heavy atom. The summed E-state index contributed by atoms with van der Waals surface area (Å²) in [5, 5.41) is 36.7. The third-order valence-corrected chi connectivity index (χ3v) is 4.25. The second-order valence-electron chi connectivity index (χ2n) is 6.24. The molecular formula is C15H22N8O6. The second kappa shape index (κ2) is 8.42. The van der Waals surface area contributed by atoms with Gasteiger partial charge in [0.05, 0.1) is 6.33 Å². The van der Waals surface area contributed by atoms with Crippen molar-refractivity contribution in [1.29, 1.82) is 0 Å². The number of amides is 2. The Labute approximate surface area is 164 Å². The number of nitrogen functional groups attached to an aromatic ring is 1. The highest BCUT2D eigenvalue weighted by Gasteiger charge is 2.47. The van der Waals surface area contributed by atoms with Crippen molar-refractivity contribution in [2.45, 2.75) is 31.5 Å². The van der Waals surface area contributed by atoms with Crippen LogP contribution < -0.4 is 21.7 Å². The SMILES string of the molecule is CCNC(=O)[C@H]1O[C@@H](n2cnc3c(N)nc(NCCNC(=O)O)nc32)[C@@H](O)[C@@H]1O. The number of ether oxygens (including phenoxy) is 1. The minimum absolute atomic E-state index is 0.0516. The van der Waals surface area contributed by atoms with Gasteiger partial charge >= 0.3 is 6.09 Å². The van der Waals surface area contributed by atoms with Gasteiger partial charge in [0, 0.05) is 19.6 Å². The Morgan fingerprint density at radius 3 is 2.69 bits per heavy atom. The molecule has 29 heavy (non-hydrogen) atoms. The summed E-state index contributed by atoms with van der Waals surface area (Å²) in [5.41, 5.74) is 6.35. The molecule has 0 radical (unpaired) electrons. The molecule has 8 N–H and O–H groups in total. The normalized spacial score (nSPS) is 23.8. The summed E-state index contributed by atoms with van der Waals surface area (Å²) in [4.78, 5) is 35.0. The Morgan fingerprint density at radius 2 is 2.00 bits per heavy atom. The monoisotopic (exact) mass is 410 g/mol. The average molecular weight is 410 g/mol. The highest BCUT2D eigenvalue weighted by atomic mass is 16.6. The van der Waals surface area contributed by atoms with Gasteiger partial charge in [0.25, 0.3) is 5.91 Å². The van der Waals surface area contributed by atoms with Crippen LogP contribution in [0.2, 0.25) is 0 Å². The Hall–Kier alpha value is -3.23. The molecule has 14 nitrogen and oxygen atoms in total. The molecule has 0 saturated carbocycles. The molecule has 1 fully saturated rings. The fourth-order valence-electron chi connectivity index (χ4n) is 2.93. The first kappa shape index (κ1) is 20.5. The first-order chi connectivity index (χ1) is 13.8. The molecule has 0 aliphatic carbocycles. The van der Waals surface area contributed by atoms with Crippen LogP contribution in [-0.4, -0.2) is 84.8 Å². The van der Waals surface area contributed by atoms with E-state index in [0.29, 0.717) is 6.54 Å². The summed E-state index contributed by atoms with van der Waals surface area (Å²) in [6.07, 6.45) is -5.08. The highest BCUT2D eigenvalue weighted by Crippen LogP contribution is 2.32. The maximum Gasteiger partial charge on any atom is 0.404 e. The van der Waals surface area contributed by atoms with E-state index in [1.54, 1.807) is 6.92 Å². The molecule has 14 heteroatoms. The van der Waals surface area contributed by atoms with Gasteiger partial charge in [0.2, 0.25) is 5.95 Å². The number of nitrogens with one attached hydrogen (secondary N) is 3. The number of hydrogen-bond donors (Lipinski definition) is 7. The van der Waals surface area contributed by atoms with Crippen LogP contribution in [0, 0.1) is 0 Å². The lowest BCUT2D eigenvalue weighted by Crippen LogP contribution is -2.42. The first-order valence-electron chi connectivity index (χ1n) is 8.83. The van der Waals surface area contributed by atoms with Gasteiger partial charge in [-0.1, -0.05) is 0 Å². The predicted molar refractivity (Wildman–Crippen MR) is 98.9 cm³/mol. The largest absolute Gasteiger partial charge is 0.465 e. The van der Waals surface area contributed by atoms with Crippen molar-refractivity contribution in [2.24, 2.45) is 0 Å². The van der Waals surface area contributed by atoms with Gasteiger partial charge in [-0.3, -0.25) is 9.36 Å². The number of aromatic nitrogens is 4. The number of imidazole rings is 1. The molecule has 4 atom stereocenters. The van der Waals surface area contributed by atoms with Crippen LogP contribution in [0.3, 0.4) is 0 Å². The third kappa shape index (κ3) is 4.13. The van der Waals surface area contributed by atoms with E-state index in [1.165, 1.54) is 10.9 Å². The van der Waals surface area contributed by atoms with Gasteiger partial charge in [-0.15, -0.1) is 0 Å². The number of carboxylic acid groups (broad SMARTS) is 1. The maximum absolute atomic E-state index is 12.0. The van der Waals surface area contributed by atoms with E-state index in [-0.39, 0.29) is 36.0 Å². The molecule has 3 rings (SSSR count). The fraction of sp³-hybridized carbons (Fsp3) is 0.533. The molecule has 158 valence electrons. The molecule has 1 saturated heterocycles. The standard InChI is InChI=1S/C15H22N8O6/c1-2-17-12(26)9-7(24)8(25)13(29-9)23-5-20-6-10(16)21-14(22-11(6)23)18-3-4-19-15(27)28/h5,7-9,13,19,24-25H,2-4H2,1H3,(H,17,26)(H,27,28)(H3,16,18,21,22)/t7-,8-,9-,13+/m0/s1. The number of nitrogens with zero attached hydrogens (tertiary/aromatic N) is 4. The van der Waals surface area contributed by atoms with Crippen molar-refractivity contribution in [3.05, 3.63) is 6.33 Å². The van der Waals surface area contributed by atoms with E-state index < -0.39 is 36.5 Å². The quantitative estimate of drug-likeness (QED) is 0.244.